The molecule has 0 spiro atoms. The van der Waals surface area contributed by atoms with Crippen molar-refractivity contribution in [3.8, 4) is 0 Å². The summed E-state index contributed by atoms with van der Waals surface area (Å²) in [5, 5.41) is 0. The number of carbonyl (C=O) groups excluding carboxylic acids is 1. The first-order chi connectivity index (χ1) is 11.8. The van der Waals surface area contributed by atoms with Crippen LogP contribution in [0.3, 0.4) is 0 Å². The lowest BCUT2D eigenvalue weighted by Gasteiger charge is -2.34. The van der Waals surface area contributed by atoms with E-state index in [1.54, 1.807) is 0 Å². The molecular formula is C21H24N2O. The molecule has 2 heterocycles. The van der Waals surface area contributed by atoms with Crippen LogP contribution in [-0.2, 0) is 13.1 Å². The van der Waals surface area contributed by atoms with Crippen LogP contribution in [-0.4, -0.2) is 35.3 Å². The minimum absolute atomic E-state index is 0.214. The molecule has 0 bridgehead atoms. The van der Waals surface area contributed by atoms with Gasteiger partial charge in [-0.05, 0) is 42.5 Å². The molecule has 1 atom stereocenters. The molecule has 0 saturated carbocycles. The van der Waals surface area contributed by atoms with Crippen molar-refractivity contribution in [2.45, 2.75) is 25.9 Å². The maximum Gasteiger partial charge on any atom is 0.254 e. The topological polar surface area (TPSA) is 23.6 Å². The average Bonchev–Trinajstić information content (AvgIpc) is 2.92. The van der Waals surface area contributed by atoms with Crippen LogP contribution in [0.1, 0.15) is 34.3 Å². The smallest absolute Gasteiger partial charge is 0.254 e. The highest BCUT2D eigenvalue weighted by Gasteiger charge is 2.30. The van der Waals surface area contributed by atoms with Crippen molar-refractivity contribution in [1.82, 2.24) is 9.80 Å². The second-order valence-electron chi connectivity index (χ2n) is 7.07. The summed E-state index contributed by atoms with van der Waals surface area (Å²) in [5.41, 5.74) is 3.46. The summed E-state index contributed by atoms with van der Waals surface area (Å²) in [6.45, 7) is 4.95. The van der Waals surface area contributed by atoms with Crippen molar-refractivity contribution >= 4 is 5.91 Å². The van der Waals surface area contributed by atoms with Crippen molar-refractivity contribution in [3.63, 3.8) is 0 Å². The predicted molar refractivity (Wildman–Crippen MR) is 95.6 cm³/mol. The summed E-state index contributed by atoms with van der Waals surface area (Å²) in [5.74, 6) is 0.798. The van der Waals surface area contributed by atoms with Crippen molar-refractivity contribution in [2.24, 2.45) is 5.92 Å². The van der Waals surface area contributed by atoms with Gasteiger partial charge in [0.2, 0.25) is 0 Å². The van der Waals surface area contributed by atoms with Gasteiger partial charge in [-0.15, -0.1) is 0 Å². The lowest BCUT2D eigenvalue weighted by molar-refractivity contribution is 0.0697. The number of rotatable bonds is 4. The fourth-order valence-electron chi connectivity index (χ4n) is 4.06. The summed E-state index contributed by atoms with van der Waals surface area (Å²) in [4.78, 5) is 17.1. The van der Waals surface area contributed by atoms with Gasteiger partial charge < -0.3 is 4.90 Å². The third kappa shape index (κ3) is 3.22. The van der Waals surface area contributed by atoms with Gasteiger partial charge in [0.15, 0.2) is 0 Å². The van der Waals surface area contributed by atoms with E-state index in [0.29, 0.717) is 5.92 Å². The highest BCUT2D eigenvalue weighted by molar-refractivity contribution is 5.98. The van der Waals surface area contributed by atoms with Gasteiger partial charge in [0.1, 0.15) is 0 Å². The van der Waals surface area contributed by atoms with Gasteiger partial charge in [0, 0.05) is 31.7 Å². The molecule has 0 aliphatic carbocycles. The molecule has 1 saturated heterocycles. The standard InChI is InChI=1S/C21H24N2O/c24-21-20-11-5-4-10-19(20)16-23(21)15-18-9-6-12-22(14-18)13-17-7-2-1-3-8-17/h1-5,7-8,10-11,18H,6,9,12-16H2. The van der Waals surface area contributed by atoms with Crippen LogP contribution in [0.15, 0.2) is 54.6 Å². The van der Waals surface area contributed by atoms with Crippen LogP contribution in [0.2, 0.25) is 0 Å². The Kier molecular flexibility index (Phi) is 4.35. The van der Waals surface area contributed by atoms with E-state index in [2.05, 4.69) is 41.3 Å². The fourth-order valence-corrected chi connectivity index (χ4v) is 4.06. The number of nitrogens with zero attached hydrogens (tertiary/aromatic N) is 2. The quantitative estimate of drug-likeness (QED) is 0.860. The van der Waals surface area contributed by atoms with Gasteiger partial charge in [-0.3, -0.25) is 9.69 Å². The maximum absolute atomic E-state index is 12.6. The second kappa shape index (κ2) is 6.78. The van der Waals surface area contributed by atoms with Gasteiger partial charge in [0.25, 0.3) is 5.91 Å². The van der Waals surface area contributed by atoms with E-state index < -0.39 is 0 Å². The SMILES string of the molecule is O=C1c2ccccc2CN1CC1CCCN(Cc2ccccc2)C1. The number of carbonyl (C=O) groups is 1. The van der Waals surface area contributed by atoms with Crippen LogP contribution in [0, 0.1) is 5.92 Å². The highest BCUT2D eigenvalue weighted by atomic mass is 16.2. The van der Waals surface area contributed by atoms with Gasteiger partial charge in [0.05, 0.1) is 0 Å². The maximum atomic E-state index is 12.6. The summed E-state index contributed by atoms with van der Waals surface area (Å²) in [6.07, 6.45) is 2.46. The Morgan fingerprint density at radius 3 is 2.62 bits per heavy atom. The van der Waals surface area contributed by atoms with E-state index in [-0.39, 0.29) is 5.91 Å². The normalized spacial score (nSPS) is 21.1. The third-order valence-electron chi connectivity index (χ3n) is 5.23. The predicted octanol–water partition coefficient (Wildman–Crippen LogP) is 3.55. The Morgan fingerprint density at radius 2 is 1.79 bits per heavy atom. The van der Waals surface area contributed by atoms with Crippen LogP contribution in [0.5, 0.6) is 0 Å². The molecule has 4 rings (SSSR count). The Balaban J connectivity index is 1.37. The van der Waals surface area contributed by atoms with Gasteiger partial charge in [-0.2, -0.15) is 0 Å². The van der Waals surface area contributed by atoms with E-state index in [0.717, 1.165) is 31.7 Å². The highest BCUT2D eigenvalue weighted by Crippen LogP contribution is 2.26. The zero-order valence-corrected chi connectivity index (χ0v) is 14.0. The molecule has 3 heteroatoms. The van der Waals surface area contributed by atoms with Crippen LogP contribution in [0.4, 0.5) is 0 Å². The van der Waals surface area contributed by atoms with E-state index in [4.69, 9.17) is 0 Å². The molecule has 124 valence electrons. The van der Waals surface area contributed by atoms with Crippen molar-refractivity contribution in [1.29, 1.82) is 0 Å². The number of benzene rings is 2. The molecule has 2 aromatic carbocycles. The molecule has 0 radical (unpaired) electrons. The molecule has 1 unspecified atom stereocenters. The van der Waals surface area contributed by atoms with Gasteiger partial charge in [-0.1, -0.05) is 48.5 Å². The molecule has 2 aliphatic heterocycles. The Labute approximate surface area is 143 Å². The van der Waals surface area contributed by atoms with E-state index in [1.807, 2.05) is 23.1 Å². The number of amides is 1. The molecule has 24 heavy (non-hydrogen) atoms. The van der Waals surface area contributed by atoms with Crippen molar-refractivity contribution < 1.29 is 4.79 Å². The number of hydrogen-bond acceptors (Lipinski definition) is 2. The molecule has 1 fully saturated rings. The summed E-state index contributed by atoms with van der Waals surface area (Å²) in [7, 11) is 0. The Bertz CT molecular complexity index is 713. The molecule has 0 N–H and O–H groups in total. The Morgan fingerprint density at radius 1 is 1.00 bits per heavy atom. The van der Waals surface area contributed by atoms with Gasteiger partial charge in [-0.25, -0.2) is 0 Å². The van der Waals surface area contributed by atoms with Crippen LogP contribution in [0.25, 0.3) is 0 Å². The summed E-state index contributed by atoms with van der Waals surface area (Å²) in [6, 6.07) is 18.7. The van der Waals surface area contributed by atoms with Crippen molar-refractivity contribution in [3.05, 3.63) is 71.3 Å². The first kappa shape index (κ1) is 15.4. The first-order valence-electron chi connectivity index (χ1n) is 8.93. The molecule has 1 amide bonds. The average molecular weight is 320 g/mol. The number of hydrogen-bond donors (Lipinski definition) is 0. The number of piperidine rings is 1. The van der Waals surface area contributed by atoms with E-state index in [1.165, 1.54) is 30.5 Å². The minimum atomic E-state index is 0.214. The summed E-state index contributed by atoms with van der Waals surface area (Å²) >= 11 is 0. The fraction of sp³-hybridized carbons (Fsp3) is 0.381. The van der Waals surface area contributed by atoms with Crippen LogP contribution < -0.4 is 0 Å². The first-order valence-corrected chi connectivity index (χ1v) is 8.93. The van der Waals surface area contributed by atoms with Gasteiger partial charge >= 0.3 is 0 Å². The lowest BCUT2D eigenvalue weighted by Crippen LogP contribution is -2.40. The Hall–Kier alpha value is -2.13. The summed E-state index contributed by atoms with van der Waals surface area (Å²) < 4.78 is 0. The van der Waals surface area contributed by atoms with Crippen LogP contribution >= 0.6 is 0 Å². The molecule has 2 aliphatic rings. The molecule has 0 aromatic heterocycles. The monoisotopic (exact) mass is 320 g/mol. The largest absolute Gasteiger partial charge is 0.334 e. The van der Waals surface area contributed by atoms with E-state index in [9.17, 15) is 4.79 Å². The zero-order valence-electron chi connectivity index (χ0n) is 14.0. The molecular weight excluding hydrogens is 296 g/mol. The minimum Gasteiger partial charge on any atom is -0.334 e. The lowest BCUT2D eigenvalue weighted by atomic mass is 9.97. The molecule has 3 nitrogen and oxygen atoms in total. The number of fused-ring (bicyclic) bond motifs is 1. The van der Waals surface area contributed by atoms with Crippen molar-refractivity contribution in [2.75, 3.05) is 19.6 Å². The van der Waals surface area contributed by atoms with E-state index >= 15 is 0 Å². The zero-order chi connectivity index (χ0) is 16.4. The third-order valence-corrected chi connectivity index (χ3v) is 5.23. The molecule has 2 aromatic rings. The number of likely N-dealkylation sites (tertiary alicyclic amines) is 1. The second-order valence-corrected chi connectivity index (χ2v) is 7.07.